The molecule has 2 rings (SSSR count). The summed E-state index contributed by atoms with van der Waals surface area (Å²) in [6, 6.07) is 3.87. The van der Waals surface area contributed by atoms with E-state index >= 15 is 0 Å². The lowest BCUT2D eigenvalue weighted by molar-refractivity contribution is 0.766. The SMILES string of the molecule is CCn1c(=S)[nH]c2cccnc21. The molecule has 0 unspecified atom stereocenters. The number of pyridine rings is 1. The van der Waals surface area contributed by atoms with Crippen LogP contribution < -0.4 is 0 Å². The molecule has 0 radical (unpaired) electrons. The van der Waals surface area contributed by atoms with Crippen molar-refractivity contribution in [2.45, 2.75) is 13.5 Å². The lowest BCUT2D eigenvalue weighted by atomic mass is 10.4. The van der Waals surface area contributed by atoms with Crippen LogP contribution in [0, 0.1) is 4.77 Å². The molecule has 0 saturated heterocycles. The molecule has 3 nitrogen and oxygen atoms in total. The summed E-state index contributed by atoms with van der Waals surface area (Å²) < 4.78 is 2.72. The van der Waals surface area contributed by atoms with E-state index in [9.17, 15) is 0 Å². The van der Waals surface area contributed by atoms with Gasteiger partial charge in [0.1, 0.15) is 0 Å². The smallest absolute Gasteiger partial charge is 0.179 e. The van der Waals surface area contributed by atoms with Crippen molar-refractivity contribution in [1.82, 2.24) is 14.5 Å². The summed E-state index contributed by atoms with van der Waals surface area (Å²) in [6.45, 7) is 2.91. The van der Waals surface area contributed by atoms with Gasteiger partial charge >= 0.3 is 0 Å². The number of aryl methyl sites for hydroxylation is 1. The zero-order chi connectivity index (χ0) is 8.55. The van der Waals surface area contributed by atoms with E-state index in [1.165, 1.54) is 0 Å². The molecule has 0 aliphatic carbocycles. The second-order valence-corrected chi connectivity index (χ2v) is 2.94. The van der Waals surface area contributed by atoms with E-state index in [4.69, 9.17) is 12.2 Å². The molecule has 0 atom stereocenters. The second-order valence-electron chi connectivity index (χ2n) is 2.55. The Labute approximate surface area is 75.1 Å². The third kappa shape index (κ3) is 0.956. The van der Waals surface area contributed by atoms with Crippen molar-refractivity contribution in [2.75, 3.05) is 0 Å². The maximum absolute atomic E-state index is 5.12. The Balaban J connectivity index is 2.91. The fourth-order valence-corrected chi connectivity index (χ4v) is 1.61. The molecular weight excluding hydrogens is 170 g/mol. The van der Waals surface area contributed by atoms with E-state index < -0.39 is 0 Å². The molecule has 0 bridgehead atoms. The summed E-state index contributed by atoms with van der Waals surface area (Å²) >= 11 is 5.12. The molecule has 2 aromatic rings. The van der Waals surface area contributed by atoms with Crippen LogP contribution in [-0.4, -0.2) is 14.5 Å². The first-order chi connectivity index (χ1) is 5.83. The van der Waals surface area contributed by atoms with Crippen LogP contribution in [-0.2, 0) is 6.54 Å². The summed E-state index contributed by atoms with van der Waals surface area (Å²) in [6.07, 6.45) is 1.77. The second kappa shape index (κ2) is 2.71. The predicted molar refractivity (Wildman–Crippen MR) is 50.6 cm³/mol. The van der Waals surface area contributed by atoms with E-state index in [1.54, 1.807) is 6.20 Å². The number of aromatic nitrogens is 3. The van der Waals surface area contributed by atoms with Crippen LogP contribution in [0.25, 0.3) is 11.2 Å². The van der Waals surface area contributed by atoms with Crippen LogP contribution in [0.1, 0.15) is 6.92 Å². The van der Waals surface area contributed by atoms with Crippen molar-refractivity contribution in [2.24, 2.45) is 0 Å². The fourth-order valence-electron chi connectivity index (χ4n) is 1.28. The first kappa shape index (κ1) is 7.49. The number of fused-ring (bicyclic) bond motifs is 1. The van der Waals surface area contributed by atoms with Crippen LogP contribution in [0.4, 0.5) is 0 Å². The minimum absolute atomic E-state index is 0.742. The molecule has 0 amide bonds. The molecular formula is C8H9N3S. The molecule has 4 heteroatoms. The van der Waals surface area contributed by atoms with Gasteiger partial charge in [-0.15, -0.1) is 0 Å². The molecule has 62 valence electrons. The van der Waals surface area contributed by atoms with Crippen molar-refractivity contribution in [3.8, 4) is 0 Å². The van der Waals surface area contributed by atoms with Gasteiger partial charge in [0.2, 0.25) is 0 Å². The average Bonchev–Trinajstić information content (AvgIpc) is 2.40. The average molecular weight is 179 g/mol. The van der Waals surface area contributed by atoms with Crippen LogP contribution in [0.15, 0.2) is 18.3 Å². The topological polar surface area (TPSA) is 33.6 Å². The number of rotatable bonds is 1. The number of hydrogen-bond donors (Lipinski definition) is 1. The highest BCUT2D eigenvalue weighted by atomic mass is 32.1. The third-order valence-corrected chi connectivity index (χ3v) is 2.17. The van der Waals surface area contributed by atoms with Crippen LogP contribution in [0.3, 0.4) is 0 Å². The Bertz CT molecular complexity index is 455. The van der Waals surface area contributed by atoms with E-state index in [0.29, 0.717) is 0 Å². The highest BCUT2D eigenvalue weighted by Crippen LogP contribution is 2.09. The molecule has 0 aliphatic heterocycles. The summed E-state index contributed by atoms with van der Waals surface area (Å²) in [5, 5.41) is 0. The summed E-state index contributed by atoms with van der Waals surface area (Å²) in [4.78, 5) is 7.33. The van der Waals surface area contributed by atoms with Crippen LogP contribution >= 0.6 is 12.2 Å². The molecule has 0 saturated carbocycles. The predicted octanol–water partition coefficient (Wildman–Crippen LogP) is 2.11. The monoisotopic (exact) mass is 179 g/mol. The standard InChI is InChI=1S/C8H9N3S/c1-2-11-7-6(10-8(11)12)4-3-5-9-7/h3-5H,2H2,1H3,(H,10,12). The molecule has 2 aromatic heterocycles. The van der Waals surface area contributed by atoms with Gasteiger partial charge in [0, 0.05) is 12.7 Å². The van der Waals surface area contributed by atoms with Gasteiger partial charge in [-0.2, -0.15) is 0 Å². The van der Waals surface area contributed by atoms with Gasteiger partial charge in [-0.25, -0.2) is 4.98 Å². The minimum atomic E-state index is 0.742. The Kier molecular flexibility index (Phi) is 1.69. The van der Waals surface area contributed by atoms with E-state index in [2.05, 4.69) is 16.9 Å². The number of nitrogens with zero attached hydrogens (tertiary/aromatic N) is 2. The van der Waals surface area contributed by atoms with E-state index in [1.807, 2.05) is 16.7 Å². The van der Waals surface area contributed by atoms with E-state index in [0.717, 1.165) is 22.5 Å². The van der Waals surface area contributed by atoms with Gasteiger partial charge in [-0.1, -0.05) is 0 Å². The number of imidazole rings is 1. The highest BCUT2D eigenvalue weighted by molar-refractivity contribution is 7.71. The molecule has 1 N–H and O–H groups in total. The third-order valence-electron chi connectivity index (χ3n) is 1.85. The molecule has 0 aliphatic rings. The van der Waals surface area contributed by atoms with Crippen molar-refractivity contribution >= 4 is 23.4 Å². The Morgan fingerprint density at radius 2 is 2.50 bits per heavy atom. The molecule has 0 aromatic carbocycles. The highest BCUT2D eigenvalue weighted by Gasteiger charge is 2.00. The van der Waals surface area contributed by atoms with Gasteiger partial charge in [-0.05, 0) is 31.3 Å². The van der Waals surface area contributed by atoms with Crippen molar-refractivity contribution < 1.29 is 0 Å². The van der Waals surface area contributed by atoms with Crippen molar-refractivity contribution in [3.05, 3.63) is 23.1 Å². The van der Waals surface area contributed by atoms with Gasteiger partial charge in [0.15, 0.2) is 10.4 Å². The zero-order valence-electron chi connectivity index (χ0n) is 6.74. The van der Waals surface area contributed by atoms with Gasteiger partial charge < -0.3 is 9.55 Å². The summed E-state index contributed by atoms with van der Waals surface area (Å²) in [5.74, 6) is 0. The van der Waals surface area contributed by atoms with Gasteiger partial charge in [-0.3, -0.25) is 0 Å². The van der Waals surface area contributed by atoms with Gasteiger partial charge in [0.25, 0.3) is 0 Å². The molecule has 0 fully saturated rings. The van der Waals surface area contributed by atoms with Gasteiger partial charge in [0.05, 0.1) is 5.52 Å². The maximum Gasteiger partial charge on any atom is 0.179 e. The summed E-state index contributed by atoms with van der Waals surface area (Å²) in [5.41, 5.74) is 1.94. The Morgan fingerprint density at radius 3 is 3.25 bits per heavy atom. The lowest BCUT2D eigenvalue weighted by Gasteiger charge is -1.95. The maximum atomic E-state index is 5.12. The fraction of sp³-hybridized carbons (Fsp3) is 0.250. The normalized spacial score (nSPS) is 10.8. The van der Waals surface area contributed by atoms with Crippen molar-refractivity contribution in [3.63, 3.8) is 0 Å². The largest absolute Gasteiger partial charge is 0.329 e. The number of H-pyrrole nitrogens is 1. The first-order valence-electron chi connectivity index (χ1n) is 3.86. The number of hydrogen-bond acceptors (Lipinski definition) is 2. The quantitative estimate of drug-likeness (QED) is 0.680. The number of aromatic amines is 1. The molecule has 2 heterocycles. The summed E-state index contributed by atoms with van der Waals surface area (Å²) in [7, 11) is 0. The van der Waals surface area contributed by atoms with Crippen LogP contribution in [0.2, 0.25) is 0 Å². The number of nitrogens with one attached hydrogen (secondary N) is 1. The van der Waals surface area contributed by atoms with E-state index in [-0.39, 0.29) is 0 Å². The Hall–Kier alpha value is -1.16. The molecule has 12 heavy (non-hydrogen) atoms. The van der Waals surface area contributed by atoms with Crippen molar-refractivity contribution in [1.29, 1.82) is 0 Å². The minimum Gasteiger partial charge on any atom is -0.329 e. The van der Waals surface area contributed by atoms with Crippen LogP contribution in [0.5, 0.6) is 0 Å². The Morgan fingerprint density at radius 1 is 1.67 bits per heavy atom. The first-order valence-corrected chi connectivity index (χ1v) is 4.27. The zero-order valence-corrected chi connectivity index (χ0v) is 7.56. The molecule has 0 spiro atoms. The lowest BCUT2D eigenvalue weighted by Crippen LogP contribution is -1.94.